The lowest BCUT2D eigenvalue weighted by atomic mass is 10.1. The Balaban J connectivity index is 2.18. The SMILES string of the molecule is CNc1nc2c(C)cc(CO)cc2n1Cc1nc(C)ccc1O. The molecule has 0 saturated heterocycles. The van der Waals surface area contributed by atoms with Crippen molar-refractivity contribution in [3.63, 3.8) is 0 Å². The third-order valence-electron chi connectivity index (χ3n) is 3.91. The molecule has 23 heavy (non-hydrogen) atoms. The number of nitrogens with zero attached hydrogens (tertiary/aromatic N) is 3. The molecule has 0 fully saturated rings. The van der Waals surface area contributed by atoms with Gasteiger partial charge in [-0.2, -0.15) is 0 Å². The lowest BCUT2D eigenvalue weighted by Crippen LogP contribution is -2.07. The van der Waals surface area contributed by atoms with E-state index in [-0.39, 0.29) is 12.4 Å². The van der Waals surface area contributed by atoms with Gasteiger partial charge in [-0.25, -0.2) is 4.98 Å². The number of aliphatic hydroxyl groups is 1. The van der Waals surface area contributed by atoms with Gasteiger partial charge in [0.25, 0.3) is 0 Å². The van der Waals surface area contributed by atoms with E-state index in [1.807, 2.05) is 37.6 Å². The highest BCUT2D eigenvalue weighted by atomic mass is 16.3. The van der Waals surface area contributed by atoms with Crippen LogP contribution < -0.4 is 5.32 Å². The fourth-order valence-electron chi connectivity index (χ4n) is 2.78. The summed E-state index contributed by atoms with van der Waals surface area (Å²) in [6, 6.07) is 7.28. The Morgan fingerprint density at radius 1 is 1.17 bits per heavy atom. The van der Waals surface area contributed by atoms with Crippen LogP contribution in [0.25, 0.3) is 11.0 Å². The summed E-state index contributed by atoms with van der Waals surface area (Å²) in [5, 5.41) is 22.6. The molecule has 0 aliphatic rings. The average molecular weight is 312 g/mol. The smallest absolute Gasteiger partial charge is 0.204 e. The minimum atomic E-state index is -0.0230. The van der Waals surface area contributed by atoms with Crippen LogP contribution in [0.1, 0.15) is 22.5 Å². The number of nitrogens with one attached hydrogen (secondary N) is 1. The maximum absolute atomic E-state index is 10.1. The Bertz CT molecular complexity index is 871. The number of anilines is 1. The van der Waals surface area contributed by atoms with Gasteiger partial charge in [0.1, 0.15) is 11.4 Å². The monoisotopic (exact) mass is 312 g/mol. The maximum Gasteiger partial charge on any atom is 0.204 e. The summed E-state index contributed by atoms with van der Waals surface area (Å²) in [7, 11) is 1.81. The van der Waals surface area contributed by atoms with Gasteiger partial charge < -0.3 is 20.1 Å². The first-order valence-corrected chi connectivity index (χ1v) is 7.47. The second kappa shape index (κ2) is 5.89. The van der Waals surface area contributed by atoms with Crippen molar-refractivity contribution in [1.29, 1.82) is 0 Å². The van der Waals surface area contributed by atoms with Crippen LogP contribution in [-0.4, -0.2) is 31.8 Å². The summed E-state index contributed by atoms with van der Waals surface area (Å²) in [4.78, 5) is 9.03. The molecule has 0 amide bonds. The Labute approximate surface area is 134 Å². The van der Waals surface area contributed by atoms with Crippen molar-refractivity contribution in [2.75, 3.05) is 12.4 Å². The number of pyridine rings is 1. The van der Waals surface area contributed by atoms with Crippen molar-refractivity contribution in [3.8, 4) is 5.75 Å². The molecule has 2 aromatic heterocycles. The second-order valence-electron chi connectivity index (χ2n) is 5.63. The van der Waals surface area contributed by atoms with Gasteiger partial charge in [0.2, 0.25) is 5.95 Å². The van der Waals surface area contributed by atoms with Gasteiger partial charge in [-0.1, -0.05) is 6.07 Å². The highest BCUT2D eigenvalue weighted by molar-refractivity contribution is 5.83. The van der Waals surface area contributed by atoms with Gasteiger partial charge in [-0.15, -0.1) is 0 Å². The fraction of sp³-hybridized carbons (Fsp3) is 0.294. The molecule has 3 N–H and O–H groups in total. The third kappa shape index (κ3) is 2.73. The highest BCUT2D eigenvalue weighted by Crippen LogP contribution is 2.27. The molecule has 1 aromatic carbocycles. The molecule has 0 aliphatic heterocycles. The molecule has 0 spiro atoms. The van der Waals surface area contributed by atoms with Crippen molar-refractivity contribution in [3.05, 3.63) is 46.8 Å². The average Bonchev–Trinajstić information content (AvgIpc) is 2.89. The molecular weight excluding hydrogens is 292 g/mol. The summed E-state index contributed by atoms with van der Waals surface area (Å²) in [6.07, 6.45) is 0. The van der Waals surface area contributed by atoms with Crippen LogP contribution in [0.2, 0.25) is 0 Å². The second-order valence-corrected chi connectivity index (χ2v) is 5.63. The molecular formula is C17H20N4O2. The molecule has 6 nitrogen and oxygen atoms in total. The van der Waals surface area contributed by atoms with E-state index >= 15 is 0 Å². The van der Waals surface area contributed by atoms with E-state index in [0.29, 0.717) is 18.2 Å². The van der Waals surface area contributed by atoms with Gasteiger partial charge in [-0.05, 0) is 43.2 Å². The fourth-order valence-corrected chi connectivity index (χ4v) is 2.78. The zero-order chi connectivity index (χ0) is 16.6. The van der Waals surface area contributed by atoms with Crippen LogP contribution in [0.3, 0.4) is 0 Å². The minimum Gasteiger partial charge on any atom is -0.506 e. The Hall–Kier alpha value is -2.60. The van der Waals surface area contributed by atoms with Gasteiger partial charge in [0.15, 0.2) is 0 Å². The Morgan fingerprint density at radius 2 is 1.96 bits per heavy atom. The van der Waals surface area contributed by atoms with E-state index < -0.39 is 0 Å². The van der Waals surface area contributed by atoms with E-state index in [0.717, 1.165) is 27.9 Å². The van der Waals surface area contributed by atoms with Crippen molar-refractivity contribution in [2.45, 2.75) is 27.0 Å². The molecule has 0 saturated carbocycles. The molecule has 6 heteroatoms. The van der Waals surface area contributed by atoms with E-state index in [9.17, 15) is 10.2 Å². The number of rotatable bonds is 4. The standard InChI is InChI=1S/C17H20N4O2/c1-10-6-12(9-22)7-14-16(10)20-17(18-3)21(14)8-13-15(23)5-4-11(2)19-13/h4-7,22-23H,8-9H2,1-3H3,(H,18,20). The zero-order valence-electron chi connectivity index (χ0n) is 13.5. The number of hydrogen-bond donors (Lipinski definition) is 3. The molecule has 0 unspecified atom stereocenters. The van der Waals surface area contributed by atoms with Crippen molar-refractivity contribution in [1.82, 2.24) is 14.5 Å². The largest absolute Gasteiger partial charge is 0.506 e. The van der Waals surface area contributed by atoms with E-state index in [4.69, 9.17) is 0 Å². The number of fused-ring (bicyclic) bond motifs is 1. The first-order chi connectivity index (χ1) is 11.0. The van der Waals surface area contributed by atoms with Crippen molar-refractivity contribution >= 4 is 17.0 Å². The molecule has 0 atom stereocenters. The summed E-state index contributed by atoms with van der Waals surface area (Å²) >= 11 is 0. The number of hydrogen-bond acceptors (Lipinski definition) is 5. The molecule has 2 heterocycles. The van der Waals surface area contributed by atoms with Crippen LogP contribution in [0.15, 0.2) is 24.3 Å². The summed E-state index contributed by atoms with van der Waals surface area (Å²) in [6.45, 7) is 4.24. The summed E-state index contributed by atoms with van der Waals surface area (Å²) in [5.74, 6) is 0.857. The lowest BCUT2D eigenvalue weighted by Gasteiger charge is -2.11. The van der Waals surface area contributed by atoms with Gasteiger partial charge >= 0.3 is 0 Å². The van der Waals surface area contributed by atoms with E-state index in [1.54, 1.807) is 12.1 Å². The van der Waals surface area contributed by atoms with Crippen LogP contribution in [-0.2, 0) is 13.2 Å². The molecule has 120 valence electrons. The lowest BCUT2D eigenvalue weighted by molar-refractivity contribution is 0.282. The number of benzene rings is 1. The predicted molar refractivity (Wildman–Crippen MR) is 89.7 cm³/mol. The van der Waals surface area contributed by atoms with Gasteiger partial charge in [0, 0.05) is 12.7 Å². The van der Waals surface area contributed by atoms with Crippen LogP contribution >= 0.6 is 0 Å². The molecule has 3 aromatic rings. The minimum absolute atomic E-state index is 0.0230. The number of imidazole rings is 1. The molecule has 0 aliphatic carbocycles. The van der Waals surface area contributed by atoms with Gasteiger partial charge in [0.05, 0.1) is 24.2 Å². The van der Waals surface area contributed by atoms with Crippen LogP contribution in [0, 0.1) is 13.8 Å². The molecule has 0 radical (unpaired) electrons. The first-order valence-electron chi connectivity index (χ1n) is 7.47. The predicted octanol–water partition coefficient (Wildman–Crippen LogP) is 2.34. The van der Waals surface area contributed by atoms with Crippen molar-refractivity contribution < 1.29 is 10.2 Å². The number of aliphatic hydroxyl groups excluding tert-OH is 1. The van der Waals surface area contributed by atoms with E-state index in [1.165, 1.54) is 0 Å². The van der Waals surface area contributed by atoms with Crippen LogP contribution in [0.4, 0.5) is 5.95 Å². The van der Waals surface area contributed by atoms with Gasteiger partial charge in [-0.3, -0.25) is 4.98 Å². The molecule has 0 bridgehead atoms. The third-order valence-corrected chi connectivity index (χ3v) is 3.91. The van der Waals surface area contributed by atoms with Crippen molar-refractivity contribution in [2.24, 2.45) is 0 Å². The quantitative estimate of drug-likeness (QED) is 0.689. The maximum atomic E-state index is 10.1. The summed E-state index contributed by atoms with van der Waals surface area (Å²) < 4.78 is 1.96. The molecule has 3 rings (SSSR count). The Kier molecular flexibility index (Phi) is 3.92. The number of aromatic hydroxyl groups is 1. The number of aromatic nitrogens is 3. The highest BCUT2D eigenvalue weighted by Gasteiger charge is 2.15. The summed E-state index contributed by atoms with van der Waals surface area (Å²) in [5.41, 5.74) is 5.05. The Morgan fingerprint density at radius 3 is 2.65 bits per heavy atom. The first kappa shape index (κ1) is 15.3. The number of aryl methyl sites for hydroxylation is 2. The van der Waals surface area contributed by atoms with Crippen LogP contribution in [0.5, 0.6) is 5.75 Å². The normalized spacial score (nSPS) is 11.1. The topological polar surface area (TPSA) is 83.2 Å². The zero-order valence-corrected chi connectivity index (χ0v) is 13.5. The van der Waals surface area contributed by atoms with E-state index in [2.05, 4.69) is 15.3 Å².